The molecular formula is C27H34N4O3. The van der Waals surface area contributed by atoms with Crippen molar-refractivity contribution >= 4 is 17.8 Å². The van der Waals surface area contributed by atoms with E-state index in [1.54, 1.807) is 0 Å². The first-order chi connectivity index (χ1) is 16.4. The zero-order valence-electron chi connectivity index (χ0n) is 20.1. The fourth-order valence-corrected chi connectivity index (χ4v) is 5.12. The van der Waals surface area contributed by atoms with Crippen LogP contribution in [0.15, 0.2) is 60.7 Å². The summed E-state index contributed by atoms with van der Waals surface area (Å²) < 4.78 is 0. The molecular weight excluding hydrogens is 428 g/mol. The van der Waals surface area contributed by atoms with E-state index in [4.69, 9.17) is 0 Å². The van der Waals surface area contributed by atoms with Crippen LogP contribution >= 0.6 is 0 Å². The second-order valence-electron chi connectivity index (χ2n) is 9.58. The molecule has 0 spiro atoms. The molecule has 34 heavy (non-hydrogen) atoms. The summed E-state index contributed by atoms with van der Waals surface area (Å²) in [4.78, 5) is 44.8. The Hall–Kier alpha value is -3.19. The maximum atomic E-state index is 13.8. The van der Waals surface area contributed by atoms with Crippen molar-refractivity contribution in [3.8, 4) is 0 Å². The number of likely N-dealkylation sites (tertiary alicyclic amines) is 1. The van der Waals surface area contributed by atoms with Gasteiger partial charge in [0.1, 0.15) is 5.54 Å². The van der Waals surface area contributed by atoms with E-state index in [1.165, 1.54) is 4.90 Å². The molecule has 2 fully saturated rings. The van der Waals surface area contributed by atoms with Gasteiger partial charge < -0.3 is 15.1 Å². The predicted molar refractivity (Wildman–Crippen MR) is 131 cm³/mol. The van der Waals surface area contributed by atoms with Gasteiger partial charge in [0, 0.05) is 31.7 Å². The molecule has 4 amide bonds. The van der Waals surface area contributed by atoms with E-state index >= 15 is 0 Å². The van der Waals surface area contributed by atoms with E-state index in [0.29, 0.717) is 57.4 Å². The van der Waals surface area contributed by atoms with Crippen molar-refractivity contribution in [3.63, 3.8) is 0 Å². The van der Waals surface area contributed by atoms with Crippen LogP contribution in [0.2, 0.25) is 0 Å². The minimum atomic E-state index is -0.929. The average molecular weight is 463 g/mol. The molecule has 7 nitrogen and oxygen atoms in total. The first kappa shape index (κ1) is 24.0. The van der Waals surface area contributed by atoms with Gasteiger partial charge in [-0.1, -0.05) is 48.5 Å². The van der Waals surface area contributed by atoms with Crippen LogP contribution in [0.4, 0.5) is 4.79 Å². The first-order valence-electron chi connectivity index (χ1n) is 12.1. The number of urea groups is 1. The Labute approximate surface area is 201 Å². The number of hydrogen-bond donors (Lipinski definition) is 1. The Balaban J connectivity index is 1.51. The lowest BCUT2D eigenvalue weighted by molar-refractivity contribution is -0.134. The second-order valence-corrected chi connectivity index (χ2v) is 9.58. The number of rotatable bonds is 8. The zero-order valence-corrected chi connectivity index (χ0v) is 20.1. The lowest BCUT2D eigenvalue weighted by atomic mass is 9.74. The summed E-state index contributed by atoms with van der Waals surface area (Å²) >= 11 is 0. The number of nitrogens with zero attached hydrogens (tertiary/aromatic N) is 3. The van der Waals surface area contributed by atoms with Gasteiger partial charge in [-0.3, -0.25) is 14.5 Å². The van der Waals surface area contributed by atoms with Gasteiger partial charge in [0.25, 0.3) is 11.8 Å². The van der Waals surface area contributed by atoms with E-state index < -0.39 is 5.54 Å². The van der Waals surface area contributed by atoms with E-state index in [9.17, 15) is 14.4 Å². The molecule has 0 radical (unpaired) electrons. The van der Waals surface area contributed by atoms with Gasteiger partial charge in [-0.2, -0.15) is 0 Å². The van der Waals surface area contributed by atoms with Crippen LogP contribution in [0, 0.1) is 5.92 Å². The molecule has 2 saturated heterocycles. The van der Waals surface area contributed by atoms with Gasteiger partial charge in [0.05, 0.1) is 0 Å². The smallest absolute Gasteiger partial charge is 0.325 e. The maximum Gasteiger partial charge on any atom is 0.325 e. The summed E-state index contributed by atoms with van der Waals surface area (Å²) in [5.74, 6) is -0.119. The molecule has 0 saturated carbocycles. The third-order valence-corrected chi connectivity index (χ3v) is 7.12. The van der Waals surface area contributed by atoms with Crippen molar-refractivity contribution in [2.45, 2.75) is 31.2 Å². The average Bonchev–Trinajstić information content (AvgIpc) is 3.11. The second kappa shape index (κ2) is 10.4. The third kappa shape index (κ3) is 4.99. The summed E-state index contributed by atoms with van der Waals surface area (Å²) in [5.41, 5.74) is 0.897. The number of benzene rings is 2. The van der Waals surface area contributed by atoms with Gasteiger partial charge in [0.2, 0.25) is 0 Å². The topological polar surface area (TPSA) is 73.0 Å². The van der Waals surface area contributed by atoms with Crippen LogP contribution in [-0.2, 0) is 11.2 Å². The highest BCUT2D eigenvalue weighted by molar-refractivity contribution is 6.07. The number of imide groups is 1. The minimum absolute atomic E-state index is 0.0168. The molecule has 2 aromatic carbocycles. The van der Waals surface area contributed by atoms with E-state index in [1.807, 2.05) is 72.4 Å². The number of nitrogens with one attached hydrogen (secondary N) is 1. The van der Waals surface area contributed by atoms with Gasteiger partial charge in [-0.15, -0.1) is 0 Å². The summed E-state index contributed by atoms with van der Waals surface area (Å²) in [7, 11) is 3.86. The van der Waals surface area contributed by atoms with Crippen LogP contribution < -0.4 is 5.32 Å². The van der Waals surface area contributed by atoms with Crippen molar-refractivity contribution in [1.82, 2.24) is 20.0 Å². The number of amides is 4. The molecule has 1 atom stereocenters. The number of likely N-dealkylation sites (N-methyl/N-ethyl adjacent to an activating group) is 1. The highest BCUT2D eigenvalue weighted by atomic mass is 16.2. The molecule has 0 aliphatic carbocycles. The third-order valence-electron chi connectivity index (χ3n) is 7.12. The maximum absolute atomic E-state index is 13.8. The van der Waals surface area contributed by atoms with Crippen LogP contribution in [-0.4, -0.2) is 78.4 Å². The number of hydrogen-bond acceptors (Lipinski definition) is 4. The Morgan fingerprint density at radius 1 is 1.00 bits per heavy atom. The molecule has 4 rings (SSSR count). The molecule has 7 heteroatoms. The summed E-state index contributed by atoms with van der Waals surface area (Å²) in [6.07, 6.45) is 2.62. The molecule has 2 aliphatic rings. The zero-order chi connectivity index (χ0) is 24.1. The fraction of sp³-hybridized carbons (Fsp3) is 0.444. The summed E-state index contributed by atoms with van der Waals surface area (Å²) in [5, 5.41) is 3.12. The Bertz CT molecular complexity index is 1000. The van der Waals surface area contributed by atoms with Crippen LogP contribution in [0.3, 0.4) is 0 Å². The number of carbonyl (C=O) groups excluding carboxylic acids is 3. The quantitative estimate of drug-likeness (QED) is 0.612. The predicted octanol–water partition coefficient (Wildman–Crippen LogP) is 3.02. The van der Waals surface area contributed by atoms with E-state index in [0.717, 1.165) is 5.56 Å². The monoisotopic (exact) mass is 462 g/mol. The molecule has 0 bridgehead atoms. The SMILES string of the molecule is CN(C)CCN1C(=O)NC(CCc2ccccc2)(C2CCN(C(=O)c3ccccc3)CC2)C1=O. The van der Waals surface area contributed by atoms with Gasteiger partial charge in [0.15, 0.2) is 0 Å². The lowest BCUT2D eigenvalue weighted by Gasteiger charge is -2.41. The van der Waals surface area contributed by atoms with Crippen molar-refractivity contribution in [2.75, 3.05) is 40.3 Å². The molecule has 2 aromatic rings. The highest BCUT2D eigenvalue weighted by Crippen LogP contribution is 2.37. The van der Waals surface area contributed by atoms with E-state index in [-0.39, 0.29) is 23.8 Å². The molecule has 1 N–H and O–H groups in total. The minimum Gasteiger partial charge on any atom is -0.339 e. The van der Waals surface area contributed by atoms with Gasteiger partial charge in [-0.25, -0.2) is 4.79 Å². The van der Waals surface area contributed by atoms with Crippen molar-refractivity contribution in [3.05, 3.63) is 71.8 Å². The van der Waals surface area contributed by atoms with Crippen LogP contribution in [0.5, 0.6) is 0 Å². The van der Waals surface area contributed by atoms with Crippen LogP contribution in [0.1, 0.15) is 35.2 Å². The first-order valence-corrected chi connectivity index (χ1v) is 12.1. The summed E-state index contributed by atoms with van der Waals surface area (Å²) in [6, 6.07) is 19.1. The Kier molecular flexibility index (Phi) is 7.32. The largest absolute Gasteiger partial charge is 0.339 e. The van der Waals surface area contributed by atoms with E-state index in [2.05, 4.69) is 17.4 Å². The van der Waals surface area contributed by atoms with Gasteiger partial charge in [-0.05, 0) is 63.4 Å². The Morgan fingerprint density at radius 3 is 2.24 bits per heavy atom. The molecule has 0 aromatic heterocycles. The van der Waals surface area contributed by atoms with Gasteiger partial charge >= 0.3 is 6.03 Å². The summed E-state index contributed by atoms with van der Waals surface area (Å²) in [6.45, 7) is 2.15. The van der Waals surface area contributed by atoms with Crippen LogP contribution in [0.25, 0.3) is 0 Å². The lowest BCUT2D eigenvalue weighted by Crippen LogP contribution is -2.57. The number of piperidine rings is 1. The molecule has 2 aliphatic heterocycles. The van der Waals surface area contributed by atoms with Crippen molar-refractivity contribution in [1.29, 1.82) is 0 Å². The highest BCUT2D eigenvalue weighted by Gasteiger charge is 2.55. The standard InChI is InChI=1S/C27H34N4O3/c1-29(2)19-20-31-25(33)27(28-26(31)34,16-13-21-9-5-3-6-10-21)23-14-17-30(18-15-23)24(32)22-11-7-4-8-12-22/h3-12,23H,13-20H2,1-2H3,(H,28,34). The van der Waals surface area contributed by atoms with Crippen molar-refractivity contribution < 1.29 is 14.4 Å². The fourth-order valence-electron chi connectivity index (χ4n) is 5.12. The number of aryl methyl sites for hydroxylation is 1. The van der Waals surface area contributed by atoms with Crippen molar-refractivity contribution in [2.24, 2.45) is 5.92 Å². The number of carbonyl (C=O) groups is 3. The molecule has 180 valence electrons. The molecule has 1 unspecified atom stereocenters. The normalized spacial score (nSPS) is 21.3. The Morgan fingerprint density at radius 2 is 1.62 bits per heavy atom. The molecule has 2 heterocycles.